The third-order valence-electron chi connectivity index (χ3n) is 3.14. The Hall–Kier alpha value is -2.04. The van der Waals surface area contributed by atoms with Crippen LogP contribution in [0, 0.1) is 5.92 Å². The highest BCUT2D eigenvalue weighted by atomic mass is 16.2. The van der Waals surface area contributed by atoms with E-state index < -0.39 is 0 Å². The van der Waals surface area contributed by atoms with Gasteiger partial charge in [-0.25, -0.2) is 4.79 Å². The third-order valence-corrected chi connectivity index (χ3v) is 3.14. The maximum Gasteiger partial charge on any atom is 0.321 e. The number of hydrogen-bond acceptors (Lipinski definition) is 2. The Kier molecular flexibility index (Phi) is 4.61. The van der Waals surface area contributed by atoms with E-state index in [1.807, 2.05) is 38.1 Å². The van der Waals surface area contributed by atoms with Crippen LogP contribution in [0.1, 0.15) is 26.7 Å². The molecule has 0 aliphatic carbocycles. The van der Waals surface area contributed by atoms with Gasteiger partial charge in [0.15, 0.2) is 0 Å². The van der Waals surface area contributed by atoms with Crippen LogP contribution in [0.3, 0.4) is 0 Å². The molecule has 0 atom stereocenters. The van der Waals surface area contributed by atoms with E-state index in [2.05, 4.69) is 10.6 Å². The molecule has 108 valence electrons. The predicted octanol–water partition coefficient (Wildman–Crippen LogP) is 2.59. The molecule has 2 N–H and O–H groups in total. The summed E-state index contributed by atoms with van der Waals surface area (Å²) in [5, 5.41) is 5.67. The van der Waals surface area contributed by atoms with Crippen LogP contribution in [0.25, 0.3) is 0 Å². The van der Waals surface area contributed by atoms with Gasteiger partial charge >= 0.3 is 6.03 Å². The van der Waals surface area contributed by atoms with Crippen LogP contribution in [0.5, 0.6) is 0 Å². The van der Waals surface area contributed by atoms with Crippen LogP contribution in [0.2, 0.25) is 0 Å². The highest BCUT2D eigenvalue weighted by Crippen LogP contribution is 2.20. The molecule has 0 radical (unpaired) electrons. The second kappa shape index (κ2) is 6.41. The minimum absolute atomic E-state index is 0.0171. The molecule has 0 saturated carbocycles. The second-order valence-electron chi connectivity index (χ2n) is 5.43. The topological polar surface area (TPSA) is 61.4 Å². The van der Waals surface area contributed by atoms with E-state index in [0.717, 1.165) is 30.9 Å². The fourth-order valence-corrected chi connectivity index (χ4v) is 2.18. The van der Waals surface area contributed by atoms with Crippen LogP contribution >= 0.6 is 0 Å². The number of nitrogens with one attached hydrogen (secondary N) is 2. The van der Waals surface area contributed by atoms with Crippen molar-refractivity contribution in [2.24, 2.45) is 5.92 Å². The number of urea groups is 1. The van der Waals surface area contributed by atoms with Gasteiger partial charge < -0.3 is 10.6 Å². The lowest BCUT2D eigenvalue weighted by atomic mass is 10.1. The minimum atomic E-state index is -0.0622. The van der Waals surface area contributed by atoms with E-state index in [-0.39, 0.29) is 11.9 Å². The molecule has 0 spiro atoms. The summed E-state index contributed by atoms with van der Waals surface area (Å²) in [5.41, 5.74) is 1.61. The van der Waals surface area contributed by atoms with E-state index in [9.17, 15) is 9.59 Å². The van der Waals surface area contributed by atoms with E-state index >= 15 is 0 Å². The molecule has 0 bridgehead atoms. The van der Waals surface area contributed by atoms with Crippen molar-refractivity contribution in [3.8, 4) is 0 Å². The molecule has 1 fully saturated rings. The SMILES string of the molecule is CC(C)CC(=O)Nc1ccc(N2CCCNC2=O)cc1. The van der Waals surface area contributed by atoms with Crippen molar-refractivity contribution in [2.75, 3.05) is 23.3 Å². The number of carbonyl (C=O) groups excluding carboxylic acids is 2. The number of nitrogens with zero attached hydrogens (tertiary/aromatic N) is 1. The van der Waals surface area contributed by atoms with Gasteiger partial charge in [0, 0.05) is 30.9 Å². The largest absolute Gasteiger partial charge is 0.338 e. The van der Waals surface area contributed by atoms with Crippen LogP contribution in [0.4, 0.5) is 16.2 Å². The molecule has 5 heteroatoms. The van der Waals surface area contributed by atoms with Crippen molar-refractivity contribution < 1.29 is 9.59 Å². The first-order chi connectivity index (χ1) is 9.56. The Balaban J connectivity index is 1.99. The van der Waals surface area contributed by atoms with Gasteiger partial charge in [-0.1, -0.05) is 13.8 Å². The summed E-state index contributed by atoms with van der Waals surface area (Å²) in [6, 6.07) is 7.31. The lowest BCUT2D eigenvalue weighted by molar-refractivity contribution is -0.116. The molecule has 1 aliphatic rings. The fraction of sp³-hybridized carbons (Fsp3) is 0.467. The zero-order chi connectivity index (χ0) is 14.5. The van der Waals surface area contributed by atoms with Crippen molar-refractivity contribution in [2.45, 2.75) is 26.7 Å². The van der Waals surface area contributed by atoms with Crippen LogP contribution in [-0.2, 0) is 4.79 Å². The van der Waals surface area contributed by atoms with E-state index in [1.54, 1.807) is 4.90 Å². The summed E-state index contributed by atoms with van der Waals surface area (Å²) in [4.78, 5) is 25.1. The number of carbonyl (C=O) groups is 2. The molecule has 20 heavy (non-hydrogen) atoms. The predicted molar refractivity (Wildman–Crippen MR) is 79.9 cm³/mol. The molecule has 1 saturated heterocycles. The average Bonchev–Trinajstić information content (AvgIpc) is 2.39. The van der Waals surface area contributed by atoms with Gasteiger partial charge in [-0.05, 0) is 36.6 Å². The Morgan fingerprint density at radius 2 is 2.05 bits per heavy atom. The highest BCUT2D eigenvalue weighted by Gasteiger charge is 2.18. The lowest BCUT2D eigenvalue weighted by Crippen LogP contribution is -2.46. The van der Waals surface area contributed by atoms with Gasteiger partial charge in [-0.3, -0.25) is 9.69 Å². The first kappa shape index (κ1) is 14.4. The van der Waals surface area contributed by atoms with Crippen molar-refractivity contribution in [1.82, 2.24) is 5.32 Å². The summed E-state index contributed by atoms with van der Waals surface area (Å²) in [5.74, 6) is 0.356. The molecule has 1 aromatic carbocycles. The molecule has 1 aromatic rings. The molecular formula is C15H21N3O2. The molecule has 1 aliphatic heterocycles. The Labute approximate surface area is 119 Å². The third kappa shape index (κ3) is 3.73. The van der Waals surface area contributed by atoms with E-state index in [0.29, 0.717) is 12.3 Å². The lowest BCUT2D eigenvalue weighted by Gasteiger charge is -2.27. The van der Waals surface area contributed by atoms with Crippen molar-refractivity contribution in [3.63, 3.8) is 0 Å². The number of rotatable bonds is 4. The summed E-state index contributed by atoms with van der Waals surface area (Å²) in [6.07, 6.45) is 1.45. The molecule has 5 nitrogen and oxygen atoms in total. The van der Waals surface area contributed by atoms with Gasteiger partial charge in [-0.2, -0.15) is 0 Å². The quantitative estimate of drug-likeness (QED) is 0.887. The first-order valence-corrected chi connectivity index (χ1v) is 7.01. The summed E-state index contributed by atoms with van der Waals surface area (Å²) in [6.45, 7) is 5.48. The number of anilines is 2. The van der Waals surface area contributed by atoms with Crippen LogP contribution < -0.4 is 15.5 Å². The van der Waals surface area contributed by atoms with Gasteiger partial charge in [-0.15, -0.1) is 0 Å². The van der Waals surface area contributed by atoms with Gasteiger partial charge in [0.2, 0.25) is 5.91 Å². The Morgan fingerprint density at radius 3 is 2.65 bits per heavy atom. The van der Waals surface area contributed by atoms with E-state index in [4.69, 9.17) is 0 Å². The minimum Gasteiger partial charge on any atom is -0.338 e. The molecule has 0 unspecified atom stereocenters. The van der Waals surface area contributed by atoms with Gasteiger partial charge in [0.1, 0.15) is 0 Å². The zero-order valence-electron chi connectivity index (χ0n) is 12.0. The standard InChI is InChI=1S/C15H21N3O2/c1-11(2)10-14(19)17-12-4-6-13(7-5-12)18-9-3-8-16-15(18)20/h4-7,11H,3,8-10H2,1-2H3,(H,16,20)(H,17,19). The Bertz CT molecular complexity index is 482. The fourth-order valence-electron chi connectivity index (χ4n) is 2.18. The molecule has 2 rings (SSSR count). The summed E-state index contributed by atoms with van der Waals surface area (Å²) >= 11 is 0. The summed E-state index contributed by atoms with van der Waals surface area (Å²) in [7, 11) is 0. The van der Waals surface area contributed by atoms with Crippen molar-refractivity contribution in [1.29, 1.82) is 0 Å². The second-order valence-corrected chi connectivity index (χ2v) is 5.43. The summed E-state index contributed by atoms with van der Waals surface area (Å²) < 4.78 is 0. The maximum absolute atomic E-state index is 11.7. The maximum atomic E-state index is 11.7. The van der Waals surface area contributed by atoms with Crippen LogP contribution in [-0.4, -0.2) is 25.0 Å². The number of hydrogen-bond donors (Lipinski definition) is 2. The molecule has 3 amide bonds. The number of benzene rings is 1. The first-order valence-electron chi connectivity index (χ1n) is 7.01. The number of amides is 3. The molecule has 0 aromatic heterocycles. The highest BCUT2D eigenvalue weighted by molar-refractivity contribution is 5.94. The van der Waals surface area contributed by atoms with Crippen molar-refractivity contribution in [3.05, 3.63) is 24.3 Å². The van der Waals surface area contributed by atoms with Crippen LogP contribution in [0.15, 0.2) is 24.3 Å². The zero-order valence-corrected chi connectivity index (χ0v) is 12.0. The smallest absolute Gasteiger partial charge is 0.321 e. The van der Waals surface area contributed by atoms with Crippen molar-refractivity contribution >= 4 is 23.3 Å². The average molecular weight is 275 g/mol. The Morgan fingerprint density at radius 1 is 1.35 bits per heavy atom. The molecular weight excluding hydrogens is 254 g/mol. The van der Waals surface area contributed by atoms with Gasteiger partial charge in [0.25, 0.3) is 0 Å². The molecule has 1 heterocycles. The normalized spacial score (nSPS) is 15.2. The monoisotopic (exact) mass is 275 g/mol. The van der Waals surface area contributed by atoms with Gasteiger partial charge in [0.05, 0.1) is 0 Å². The van der Waals surface area contributed by atoms with E-state index in [1.165, 1.54) is 0 Å².